The fourth-order valence-corrected chi connectivity index (χ4v) is 8.10. The minimum atomic E-state index is -4.04. The van der Waals surface area contributed by atoms with E-state index in [2.05, 4.69) is 47.1 Å². The van der Waals surface area contributed by atoms with Crippen LogP contribution in [0.2, 0.25) is 0 Å². The van der Waals surface area contributed by atoms with Crippen LogP contribution in [0.3, 0.4) is 0 Å². The van der Waals surface area contributed by atoms with Gasteiger partial charge in [-0.25, -0.2) is 8.42 Å². The molecule has 4 bridgehead atoms. The highest BCUT2D eigenvalue weighted by atomic mass is 32.2. The zero-order valence-corrected chi connectivity index (χ0v) is 38.7. The Balaban J connectivity index is 1.55. The summed E-state index contributed by atoms with van der Waals surface area (Å²) in [6.45, 7) is 4.34. The lowest BCUT2D eigenvalue weighted by atomic mass is 9.93. The summed E-state index contributed by atoms with van der Waals surface area (Å²) in [7, 11) is -2.62. The van der Waals surface area contributed by atoms with E-state index in [1.54, 1.807) is 48.5 Å². The van der Waals surface area contributed by atoms with E-state index in [0.29, 0.717) is 45.7 Å². The molecule has 4 atom stereocenters. The Morgan fingerprint density at radius 3 is 2.00 bits per heavy atom. The lowest BCUT2D eigenvalue weighted by Crippen LogP contribution is -2.56. The summed E-state index contributed by atoms with van der Waals surface area (Å²) in [5.41, 5.74) is 22.7. The molecule has 1 aliphatic rings. The number of likely N-dealkylation sites (N-methyl/N-ethyl adjacent to an activating group) is 1. The Morgan fingerprint density at radius 1 is 0.803 bits per heavy atom. The summed E-state index contributed by atoms with van der Waals surface area (Å²) in [6, 6.07) is 20.0. The average molecular weight is 927 g/mol. The van der Waals surface area contributed by atoms with Gasteiger partial charge < -0.3 is 47.5 Å². The van der Waals surface area contributed by atoms with Crippen LogP contribution in [0, 0.1) is 0 Å². The van der Waals surface area contributed by atoms with E-state index in [0.717, 1.165) is 36.6 Å². The fourth-order valence-electron chi connectivity index (χ4n) is 7.59. The number of ether oxygens (including phenoxy) is 2. The number of carbonyl (C=O) groups is 5. The van der Waals surface area contributed by atoms with Crippen molar-refractivity contribution < 1.29 is 41.9 Å². The molecule has 0 spiro atoms. The molecular weight excluding hydrogens is 865 g/mol. The van der Waals surface area contributed by atoms with E-state index >= 15 is 0 Å². The predicted octanol–water partition coefficient (Wildman–Crippen LogP) is 2.70. The van der Waals surface area contributed by atoms with E-state index < -0.39 is 63.7 Å². The largest absolute Gasteiger partial charge is 0.492 e. The molecule has 0 saturated heterocycles. The van der Waals surface area contributed by atoms with Crippen molar-refractivity contribution in [1.29, 1.82) is 0 Å². The van der Waals surface area contributed by atoms with E-state index in [-0.39, 0.29) is 45.7 Å². The van der Waals surface area contributed by atoms with Crippen molar-refractivity contribution in [3.63, 3.8) is 0 Å². The number of unbranched alkanes of at least 4 members (excludes halogenated alkanes) is 1. The van der Waals surface area contributed by atoms with Crippen LogP contribution in [-0.4, -0.2) is 107 Å². The zero-order chi connectivity index (χ0) is 48.0. The minimum Gasteiger partial charge on any atom is -0.492 e. The average Bonchev–Trinajstić information content (AvgIpc) is 3.30. The van der Waals surface area contributed by atoms with E-state index in [9.17, 15) is 32.4 Å². The summed E-state index contributed by atoms with van der Waals surface area (Å²) in [6.07, 6.45) is 4.38. The molecule has 10 N–H and O–H groups in total. The number of carbonyl (C=O) groups excluding carboxylic acids is 5. The molecule has 0 radical (unpaired) electrons. The normalized spacial score (nSPS) is 16.7. The number of hydrogen-bond donors (Lipinski definition) is 7. The molecule has 0 unspecified atom stereocenters. The topological polar surface area (TPSA) is 267 Å². The smallest absolute Gasteiger partial charge is 0.256 e. The Morgan fingerprint density at radius 2 is 1.41 bits per heavy atom. The van der Waals surface area contributed by atoms with Crippen LogP contribution < -0.4 is 47.3 Å². The number of benzene rings is 4. The van der Waals surface area contributed by atoms with Gasteiger partial charge >= 0.3 is 0 Å². The summed E-state index contributed by atoms with van der Waals surface area (Å²) in [4.78, 5) is 71.4. The SMILES string of the molecule is CCCCc1ccc(-c2ccc(C(=O)N[C@@H](CCCN)C(=O)N(C)[C@@H]3C(=O)N[C@@H](C)C(=O)N[C@H](C(=O)NS(C)(=O)=O)Cc4ccc(OCCN)c(c4)-c4cc3ccc4OCCN)cc2)cc1. The number of sulfonamides is 1. The molecule has 4 aromatic carbocycles. The molecule has 0 aliphatic carbocycles. The minimum absolute atomic E-state index is 0.113. The van der Waals surface area contributed by atoms with Gasteiger partial charge in [0.25, 0.3) is 11.8 Å². The van der Waals surface area contributed by atoms with Gasteiger partial charge in [-0.3, -0.25) is 28.7 Å². The quantitative estimate of drug-likeness (QED) is 0.0716. The molecule has 1 heterocycles. The van der Waals surface area contributed by atoms with E-state index in [1.807, 2.05) is 16.9 Å². The molecule has 5 rings (SSSR count). The van der Waals surface area contributed by atoms with Crippen molar-refractivity contribution >= 4 is 39.6 Å². The lowest BCUT2D eigenvalue weighted by Gasteiger charge is -2.32. The van der Waals surface area contributed by atoms with Gasteiger partial charge in [0.05, 0.1) is 6.26 Å². The highest BCUT2D eigenvalue weighted by Gasteiger charge is 2.36. The second-order valence-electron chi connectivity index (χ2n) is 16.3. The van der Waals surface area contributed by atoms with Crippen molar-refractivity contribution in [2.75, 3.05) is 46.2 Å². The molecule has 354 valence electrons. The second kappa shape index (κ2) is 23.7. The van der Waals surface area contributed by atoms with Crippen molar-refractivity contribution in [2.45, 2.75) is 76.5 Å². The van der Waals surface area contributed by atoms with Gasteiger partial charge in [-0.15, -0.1) is 0 Å². The number of nitrogens with two attached hydrogens (primary N) is 3. The molecule has 1 aliphatic heterocycles. The molecule has 0 saturated carbocycles. The number of hydrogen-bond acceptors (Lipinski definition) is 12. The first kappa shape index (κ1) is 50.7. The Hall–Kier alpha value is -6.34. The molecule has 0 fully saturated rings. The van der Waals surface area contributed by atoms with Crippen LogP contribution >= 0.6 is 0 Å². The monoisotopic (exact) mass is 926 g/mol. The number of nitrogens with zero attached hydrogens (tertiary/aromatic N) is 1. The molecular formula is C48H62N8O9S. The fraction of sp³-hybridized carbons (Fsp3) is 0.396. The van der Waals surface area contributed by atoms with Gasteiger partial charge in [-0.2, -0.15) is 0 Å². The van der Waals surface area contributed by atoms with Crippen molar-refractivity contribution in [1.82, 2.24) is 25.6 Å². The van der Waals surface area contributed by atoms with Gasteiger partial charge in [-0.05, 0) is 103 Å². The predicted molar refractivity (Wildman–Crippen MR) is 253 cm³/mol. The summed E-state index contributed by atoms with van der Waals surface area (Å²) >= 11 is 0. The Bertz CT molecular complexity index is 2450. The maximum atomic E-state index is 14.7. The highest BCUT2D eigenvalue weighted by Crippen LogP contribution is 2.40. The van der Waals surface area contributed by atoms with Gasteiger partial charge in [0.2, 0.25) is 27.7 Å². The summed E-state index contributed by atoms with van der Waals surface area (Å²) in [5.74, 6) is -3.03. The molecule has 66 heavy (non-hydrogen) atoms. The third-order valence-corrected chi connectivity index (χ3v) is 11.6. The van der Waals surface area contributed by atoms with Crippen LogP contribution in [0.4, 0.5) is 0 Å². The van der Waals surface area contributed by atoms with Crippen LogP contribution in [-0.2, 0) is 42.0 Å². The molecule has 17 nitrogen and oxygen atoms in total. The number of nitrogens with one attached hydrogen (secondary N) is 4. The third kappa shape index (κ3) is 13.6. The first-order chi connectivity index (χ1) is 31.6. The van der Waals surface area contributed by atoms with Crippen LogP contribution in [0.15, 0.2) is 84.9 Å². The van der Waals surface area contributed by atoms with Crippen LogP contribution in [0.25, 0.3) is 22.3 Å². The zero-order valence-electron chi connectivity index (χ0n) is 37.9. The summed E-state index contributed by atoms with van der Waals surface area (Å²) < 4.78 is 38.4. The second-order valence-corrected chi connectivity index (χ2v) is 18.0. The number of aryl methyl sites for hydroxylation is 1. The van der Waals surface area contributed by atoms with Gasteiger partial charge in [-0.1, -0.05) is 61.9 Å². The first-order valence-electron chi connectivity index (χ1n) is 22.1. The van der Waals surface area contributed by atoms with Crippen LogP contribution in [0.1, 0.15) is 72.6 Å². The molecule has 0 aromatic heterocycles. The maximum Gasteiger partial charge on any atom is 0.256 e. The molecule has 18 heteroatoms. The standard InChI is InChI=1S/C48H62N8O9S/c1-5-6-8-31-10-13-33(14-11-31)34-15-17-35(18-16-34)45(58)53-39(9-7-22-49)48(61)56(3)43-36-19-21-42(65-26-24-51)38(29-36)37-27-32(12-20-41(37)64-25-23-50)28-40(46(59)55-66(4,62)63)54-44(57)30(2)52-47(43)60/h10-21,27,29-30,39-40,43H,5-9,22-26,28,49-51H2,1-4H3,(H,52,60)(H,53,58)(H,54,57)(H,55,59)/t30-,39-,40-,43-/m0/s1. The highest BCUT2D eigenvalue weighted by molar-refractivity contribution is 7.89. The van der Waals surface area contributed by atoms with Gasteiger partial charge in [0, 0.05) is 43.2 Å². The number of amides is 5. The third-order valence-electron chi connectivity index (χ3n) is 11.1. The van der Waals surface area contributed by atoms with E-state index in [4.69, 9.17) is 26.7 Å². The lowest BCUT2D eigenvalue weighted by molar-refractivity contribution is -0.141. The molecule has 5 amide bonds. The first-order valence-corrected chi connectivity index (χ1v) is 24.0. The van der Waals surface area contributed by atoms with Gasteiger partial charge in [0.1, 0.15) is 48.9 Å². The van der Waals surface area contributed by atoms with Crippen molar-refractivity contribution in [3.8, 4) is 33.8 Å². The van der Waals surface area contributed by atoms with Gasteiger partial charge in [0.15, 0.2) is 0 Å². The Kier molecular flexibility index (Phi) is 18.2. The van der Waals surface area contributed by atoms with E-state index in [1.165, 1.54) is 24.4 Å². The van der Waals surface area contributed by atoms with Crippen molar-refractivity contribution in [3.05, 3.63) is 107 Å². The number of fused-ring (bicyclic) bond motifs is 5. The van der Waals surface area contributed by atoms with Crippen molar-refractivity contribution in [2.24, 2.45) is 17.2 Å². The van der Waals surface area contributed by atoms with Crippen LogP contribution in [0.5, 0.6) is 11.5 Å². The maximum absolute atomic E-state index is 14.7. The number of rotatable bonds is 19. The summed E-state index contributed by atoms with van der Waals surface area (Å²) in [5, 5.41) is 8.12. The molecule has 4 aromatic rings. The Labute approximate surface area is 386 Å².